The van der Waals surface area contributed by atoms with Crippen LogP contribution < -0.4 is 9.47 Å². The Morgan fingerprint density at radius 3 is 2.58 bits per heavy atom. The standard InChI is InChI=1S/C17H14O9/c1-7(2)15(19)23-6-4-5-8(18)24-13-11-9(16(20)22-3)10-12(25-11)14(13)26-17(10)21/h1,4-6H2,2-3H3. The molecule has 0 atom stereocenters. The third kappa shape index (κ3) is 2.77. The van der Waals surface area contributed by atoms with Crippen molar-refractivity contribution in [1.82, 2.24) is 0 Å². The van der Waals surface area contributed by atoms with Crippen LogP contribution in [0.2, 0.25) is 0 Å². The summed E-state index contributed by atoms with van der Waals surface area (Å²) in [5, 5.41) is 0. The van der Waals surface area contributed by atoms with Crippen LogP contribution in [0.1, 0.15) is 40.5 Å². The van der Waals surface area contributed by atoms with Gasteiger partial charge in [0.15, 0.2) is 11.2 Å². The molecule has 3 rings (SSSR count). The summed E-state index contributed by atoms with van der Waals surface area (Å²) in [4.78, 5) is 47.0. The van der Waals surface area contributed by atoms with Gasteiger partial charge in [0, 0.05) is 12.0 Å². The molecule has 1 aliphatic heterocycles. The predicted molar refractivity (Wildman–Crippen MR) is 84.3 cm³/mol. The quantitative estimate of drug-likeness (QED) is 0.315. The Kier molecular flexibility index (Phi) is 4.37. The van der Waals surface area contributed by atoms with Crippen molar-refractivity contribution in [3.63, 3.8) is 0 Å². The highest BCUT2D eigenvalue weighted by Crippen LogP contribution is 2.52. The van der Waals surface area contributed by atoms with Crippen LogP contribution in [0.3, 0.4) is 0 Å². The SMILES string of the molecule is C=C(C)C(=O)OCCCC(=O)Oc1c2c3oc1c(C(=O)OC)c3C(=O)O2. The Hall–Kier alpha value is -3.36. The van der Waals surface area contributed by atoms with Gasteiger partial charge in [0.2, 0.25) is 11.5 Å². The van der Waals surface area contributed by atoms with Gasteiger partial charge < -0.3 is 23.4 Å². The number of furan rings is 2. The normalized spacial score (nSPS) is 12.2. The molecule has 0 fully saturated rings. The van der Waals surface area contributed by atoms with Gasteiger partial charge in [-0.05, 0) is 13.3 Å². The molecule has 3 heterocycles. The van der Waals surface area contributed by atoms with Gasteiger partial charge in [-0.3, -0.25) is 4.79 Å². The number of esters is 4. The number of ether oxygens (including phenoxy) is 4. The van der Waals surface area contributed by atoms with E-state index in [0.29, 0.717) is 0 Å². The van der Waals surface area contributed by atoms with E-state index in [0.717, 1.165) is 7.11 Å². The van der Waals surface area contributed by atoms with Crippen LogP contribution in [-0.2, 0) is 19.1 Å². The molecule has 0 unspecified atom stereocenters. The Morgan fingerprint density at radius 1 is 1.19 bits per heavy atom. The van der Waals surface area contributed by atoms with Crippen LogP contribution >= 0.6 is 0 Å². The first kappa shape index (κ1) is 17.5. The van der Waals surface area contributed by atoms with Crippen molar-refractivity contribution in [1.29, 1.82) is 0 Å². The van der Waals surface area contributed by atoms with E-state index in [1.807, 2.05) is 0 Å². The van der Waals surface area contributed by atoms with Gasteiger partial charge in [-0.15, -0.1) is 0 Å². The Balaban J connectivity index is 1.68. The minimum atomic E-state index is -0.803. The molecule has 136 valence electrons. The van der Waals surface area contributed by atoms with Gasteiger partial charge in [0.1, 0.15) is 11.1 Å². The van der Waals surface area contributed by atoms with Crippen molar-refractivity contribution in [3.05, 3.63) is 23.3 Å². The number of fused-ring (bicyclic) bond motifs is 1. The van der Waals surface area contributed by atoms with Crippen molar-refractivity contribution in [3.8, 4) is 11.5 Å². The molecule has 0 spiro atoms. The minimum absolute atomic E-state index is 0.0175. The molecule has 0 aliphatic carbocycles. The summed E-state index contributed by atoms with van der Waals surface area (Å²) in [6.07, 6.45) is 0.152. The number of carbonyl (C=O) groups excluding carboxylic acids is 4. The lowest BCUT2D eigenvalue weighted by Crippen LogP contribution is -2.12. The maximum absolute atomic E-state index is 12.0. The molecule has 0 radical (unpaired) electrons. The van der Waals surface area contributed by atoms with E-state index >= 15 is 0 Å². The van der Waals surface area contributed by atoms with E-state index in [4.69, 9.17) is 18.6 Å². The van der Waals surface area contributed by atoms with Gasteiger partial charge in [0.25, 0.3) is 0 Å². The molecule has 2 aromatic rings. The van der Waals surface area contributed by atoms with Crippen molar-refractivity contribution >= 4 is 35.0 Å². The third-order valence-corrected chi connectivity index (χ3v) is 3.64. The largest absolute Gasteiger partial charge is 0.465 e. The monoisotopic (exact) mass is 362 g/mol. The topological polar surface area (TPSA) is 118 Å². The predicted octanol–water partition coefficient (Wildman–Crippen LogP) is 1.99. The Bertz CT molecular complexity index is 934. The summed E-state index contributed by atoms with van der Waals surface area (Å²) in [5.41, 5.74) is 0.0571. The Labute approximate surface area is 146 Å². The van der Waals surface area contributed by atoms with Gasteiger partial charge in [-0.2, -0.15) is 0 Å². The summed E-state index contributed by atoms with van der Waals surface area (Å²) in [7, 11) is 1.15. The van der Waals surface area contributed by atoms with Crippen molar-refractivity contribution in [2.24, 2.45) is 0 Å². The molecule has 0 N–H and O–H groups in total. The summed E-state index contributed by atoms with van der Waals surface area (Å²) >= 11 is 0. The highest BCUT2D eigenvalue weighted by atomic mass is 16.6. The van der Waals surface area contributed by atoms with E-state index in [1.54, 1.807) is 0 Å². The molecule has 2 aromatic heterocycles. The maximum Gasteiger partial charge on any atom is 0.348 e. The second-order valence-corrected chi connectivity index (χ2v) is 5.54. The molecule has 0 saturated carbocycles. The average molecular weight is 362 g/mol. The second-order valence-electron chi connectivity index (χ2n) is 5.54. The fourth-order valence-corrected chi connectivity index (χ4v) is 2.45. The van der Waals surface area contributed by atoms with Crippen LogP contribution in [0.15, 0.2) is 16.6 Å². The number of hydrogen-bond donors (Lipinski definition) is 0. The smallest absolute Gasteiger partial charge is 0.348 e. The Morgan fingerprint density at radius 2 is 1.92 bits per heavy atom. The lowest BCUT2D eigenvalue weighted by atomic mass is 10.1. The van der Waals surface area contributed by atoms with Crippen molar-refractivity contribution in [2.75, 3.05) is 13.7 Å². The van der Waals surface area contributed by atoms with Gasteiger partial charge >= 0.3 is 23.9 Å². The summed E-state index contributed by atoms with van der Waals surface area (Å²) < 4.78 is 25.0. The number of methoxy groups -OCH3 is 1. The van der Waals surface area contributed by atoms with E-state index in [9.17, 15) is 19.2 Å². The van der Waals surface area contributed by atoms with Crippen molar-refractivity contribution < 1.29 is 42.5 Å². The van der Waals surface area contributed by atoms with Gasteiger partial charge in [-0.25, -0.2) is 14.4 Å². The summed E-state index contributed by atoms with van der Waals surface area (Å²) in [6, 6.07) is 0. The molecular formula is C17H14O9. The number of rotatable bonds is 7. The molecule has 1 aliphatic rings. The zero-order chi connectivity index (χ0) is 19.0. The van der Waals surface area contributed by atoms with Gasteiger partial charge in [-0.1, -0.05) is 6.58 Å². The average Bonchev–Trinajstić information content (AvgIpc) is 3.21. The molecule has 9 nitrogen and oxygen atoms in total. The first-order valence-corrected chi connectivity index (χ1v) is 7.60. The van der Waals surface area contributed by atoms with E-state index in [1.165, 1.54) is 6.92 Å². The first-order chi connectivity index (χ1) is 12.3. The summed E-state index contributed by atoms with van der Waals surface area (Å²) in [6.45, 7) is 4.97. The first-order valence-electron chi connectivity index (χ1n) is 7.60. The zero-order valence-corrected chi connectivity index (χ0v) is 14.0. The lowest BCUT2D eigenvalue weighted by molar-refractivity contribution is -0.141. The molecule has 0 saturated heterocycles. The molecular weight excluding hydrogens is 348 g/mol. The van der Waals surface area contributed by atoms with Crippen LogP contribution in [0.5, 0.6) is 11.5 Å². The zero-order valence-electron chi connectivity index (χ0n) is 14.0. The highest BCUT2D eigenvalue weighted by Gasteiger charge is 2.43. The maximum atomic E-state index is 12.0. The molecule has 2 bridgehead atoms. The number of hydrogen-bond acceptors (Lipinski definition) is 9. The fourth-order valence-electron chi connectivity index (χ4n) is 2.45. The van der Waals surface area contributed by atoms with E-state index in [-0.39, 0.29) is 58.8 Å². The van der Waals surface area contributed by atoms with E-state index < -0.39 is 23.9 Å². The van der Waals surface area contributed by atoms with Crippen LogP contribution in [0.25, 0.3) is 11.2 Å². The van der Waals surface area contributed by atoms with Gasteiger partial charge in [0.05, 0.1) is 13.7 Å². The van der Waals surface area contributed by atoms with Crippen LogP contribution in [0.4, 0.5) is 0 Å². The molecule has 26 heavy (non-hydrogen) atoms. The van der Waals surface area contributed by atoms with Crippen LogP contribution in [-0.4, -0.2) is 37.6 Å². The second kappa shape index (κ2) is 6.51. The number of carbonyl (C=O) groups is 4. The fraction of sp³-hybridized carbons (Fsp3) is 0.294. The molecule has 0 aromatic carbocycles. The lowest BCUT2D eigenvalue weighted by Gasteiger charge is -2.05. The molecule has 9 heteroatoms. The van der Waals surface area contributed by atoms with Crippen LogP contribution in [0, 0.1) is 0 Å². The highest BCUT2D eigenvalue weighted by molar-refractivity contribution is 6.20. The van der Waals surface area contributed by atoms with Crippen molar-refractivity contribution in [2.45, 2.75) is 19.8 Å². The third-order valence-electron chi connectivity index (χ3n) is 3.64. The van der Waals surface area contributed by atoms with E-state index in [2.05, 4.69) is 11.3 Å². The molecule has 0 amide bonds. The minimum Gasteiger partial charge on any atom is -0.465 e. The number of benzene rings is 1. The summed E-state index contributed by atoms with van der Waals surface area (Å²) in [5.74, 6) is -2.97.